The van der Waals surface area contributed by atoms with Crippen LogP contribution in [0, 0.1) is 0 Å². The molecule has 0 bridgehead atoms. The molecule has 0 amide bonds. The third-order valence-electron chi connectivity index (χ3n) is 2.86. The molecule has 0 atom stereocenters. The van der Waals surface area contributed by atoms with E-state index < -0.39 is 5.60 Å². The quantitative estimate of drug-likeness (QED) is 0.665. The minimum Gasteiger partial charge on any atom is -0.450 e. The molecule has 2 heterocycles. The van der Waals surface area contributed by atoms with Crippen molar-refractivity contribution in [3.8, 4) is 0 Å². The second kappa shape index (κ2) is 2.42. The average molecular weight is 201 g/mol. The van der Waals surface area contributed by atoms with Gasteiger partial charge < -0.3 is 9.72 Å². The second-order valence-electron chi connectivity index (χ2n) is 4.32. The van der Waals surface area contributed by atoms with E-state index in [1.807, 2.05) is 38.1 Å². The summed E-state index contributed by atoms with van der Waals surface area (Å²) in [5, 5.41) is 0.947. The van der Waals surface area contributed by atoms with Crippen LogP contribution in [0.5, 0.6) is 0 Å². The lowest BCUT2D eigenvalue weighted by molar-refractivity contribution is 0.00831. The molecule has 0 radical (unpaired) electrons. The Kier molecular flexibility index (Phi) is 1.38. The first-order valence-electron chi connectivity index (χ1n) is 4.94. The van der Waals surface area contributed by atoms with Gasteiger partial charge in [-0.1, -0.05) is 18.2 Å². The molecule has 3 rings (SSSR count). The molecule has 0 fully saturated rings. The number of fused-ring (bicyclic) bond motifs is 3. The third kappa shape index (κ3) is 0.975. The molecule has 0 saturated heterocycles. The first-order chi connectivity index (χ1) is 7.09. The fourth-order valence-corrected chi connectivity index (χ4v) is 2.14. The molecule has 2 aromatic rings. The van der Waals surface area contributed by atoms with Gasteiger partial charge >= 0.3 is 5.97 Å². The van der Waals surface area contributed by atoms with Crippen LogP contribution in [0.25, 0.3) is 10.9 Å². The maximum absolute atomic E-state index is 11.7. The number of cyclic esters (lactones) is 1. The van der Waals surface area contributed by atoms with Crippen LogP contribution in [0.4, 0.5) is 0 Å². The smallest absolute Gasteiger partial charge is 0.341 e. The molecule has 15 heavy (non-hydrogen) atoms. The van der Waals surface area contributed by atoms with Crippen molar-refractivity contribution in [3.05, 3.63) is 35.5 Å². The SMILES string of the molecule is CC1(C)OC(=O)c2c1[nH]c1ccccc21. The van der Waals surface area contributed by atoms with Crippen molar-refractivity contribution < 1.29 is 9.53 Å². The molecule has 0 saturated carbocycles. The van der Waals surface area contributed by atoms with Gasteiger partial charge in [-0.2, -0.15) is 0 Å². The highest BCUT2D eigenvalue weighted by molar-refractivity contribution is 6.07. The summed E-state index contributed by atoms with van der Waals surface area (Å²) in [5.74, 6) is -0.229. The van der Waals surface area contributed by atoms with Crippen LogP contribution in [0.3, 0.4) is 0 Å². The Morgan fingerprint density at radius 2 is 2.00 bits per heavy atom. The van der Waals surface area contributed by atoms with Gasteiger partial charge in [-0.3, -0.25) is 0 Å². The number of nitrogens with one attached hydrogen (secondary N) is 1. The number of benzene rings is 1. The number of hydrogen-bond donors (Lipinski definition) is 1. The molecular weight excluding hydrogens is 190 g/mol. The first kappa shape index (κ1) is 8.53. The number of aromatic nitrogens is 1. The summed E-state index contributed by atoms with van der Waals surface area (Å²) in [6.07, 6.45) is 0. The molecule has 3 heteroatoms. The summed E-state index contributed by atoms with van der Waals surface area (Å²) < 4.78 is 5.30. The van der Waals surface area contributed by atoms with Crippen molar-refractivity contribution in [1.29, 1.82) is 0 Å². The third-order valence-corrected chi connectivity index (χ3v) is 2.86. The van der Waals surface area contributed by atoms with E-state index in [1.54, 1.807) is 0 Å². The van der Waals surface area contributed by atoms with Crippen LogP contribution in [0.1, 0.15) is 29.9 Å². The van der Waals surface area contributed by atoms with E-state index in [0.717, 1.165) is 16.6 Å². The maximum atomic E-state index is 11.7. The van der Waals surface area contributed by atoms with E-state index in [-0.39, 0.29) is 5.97 Å². The van der Waals surface area contributed by atoms with Crippen LogP contribution in [0.15, 0.2) is 24.3 Å². The van der Waals surface area contributed by atoms with E-state index in [9.17, 15) is 4.79 Å². The Morgan fingerprint density at radius 1 is 1.27 bits per heavy atom. The number of esters is 1. The molecule has 1 aromatic carbocycles. The molecule has 76 valence electrons. The van der Waals surface area contributed by atoms with E-state index >= 15 is 0 Å². The Hall–Kier alpha value is -1.77. The molecule has 1 aliphatic heterocycles. The summed E-state index contributed by atoms with van der Waals surface area (Å²) in [5.41, 5.74) is 2.03. The van der Waals surface area contributed by atoms with Crippen molar-refractivity contribution in [2.24, 2.45) is 0 Å². The van der Waals surface area contributed by atoms with Crippen LogP contribution < -0.4 is 0 Å². The summed E-state index contributed by atoms with van der Waals surface area (Å²) in [6, 6.07) is 7.78. The van der Waals surface area contributed by atoms with E-state index in [0.29, 0.717) is 5.56 Å². The molecule has 1 aromatic heterocycles. The predicted octanol–water partition coefficient (Wildman–Crippen LogP) is 2.57. The number of rotatable bonds is 0. The summed E-state index contributed by atoms with van der Waals surface area (Å²) >= 11 is 0. The zero-order chi connectivity index (χ0) is 10.6. The van der Waals surface area contributed by atoms with Crippen molar-refractivity contribution >= 4 is 16.9 Å². The lowest BCUT2D eigenvalue weighted by atomic mass is 10.0. The Bertz CT molecular complexity index is 566. The lowest BCUT2D eigenvalue weighted by Crippen LogP contribution is -2.17. The maximum Gasteiger partial charge on any atom is 0.341 e. The highest BCUT2D eigenvalue weighted by Gasteiger charge is 2.40. The monoisotopic (exact) mass is 201 g/mol. The number of para-hydroxylation sites is 1. The normalized spacial score (nSPS) is 17.9. The highest BCUT2D eigenvalue weighted by atomic mass is 16.6. The highest BCUT2D eigenvalue weighted by Crippen LogP contribution is 2.39. The van der Waals surface area contributed by atoms with Crippen LogP contribution in [-0.4, -0.2) is 11.0 Å². The fourth-order valence-electron chi connectivity index (χ4n) is 2.14. The van der Waals surface area contributed by atoms with Crippen molar-refractivity contribution in [1.82, 2.24) is 4.98 Å². The fraction of sp³-hybridized carbons (Fsp3) is 0.250. The largest absolute Gasteiger partial charge is 0.450 e. The molecular formula is C12H11NO2. The van der Waals surface area contributed by atoms with Crippen LogP contribution in [-0.2, 0) is 10.3 Å². The van der Waals surface area contributed by atoms with Gasteiger partial charge in [-0.15, -0.1) is 0 Å². The molecule has 0 aliphatic carbocycles. The van der Waals surface area contributed by atoms with Crippen LogP contribution >= 0.6 is 0 Å². The molecule has 3 nitrogen and oxygen atoms in total. The standard InChI is InChI=1S/C12H11NO2/c1-12(2)10-9(11(14)15-12)7-5-3-4-6-8(7)13-10/h3-6,13H,1-2H3. The summed E-state index contributed by atoms with van der Waals surface area (Å²) in [6.45, 7) is 3.79. The minimum absolute atomic E-state index is 0.229. The van der Waals surface area contributed by atoms with Gasteiger partial charge in [-0.05, 0) is 19.9 Å². The van der Waals surface area contributed by atoms with Gasteiger partial charge in [0.25, 0.3) is 0 Å². The van der Waals surface area contributed by atoms with Gasteiger partial charge in [0.15, 0.2) is 0 Å². The predicted molar refractivity (Wildman–Crippen MR) is 56.7 cm³/mol. The van der Waals surface area contributed by atoms with Crippen molar-refractivity contribution in [2.45, 2.75) is 19.4 Å². The van der Waals surface area contributed by atoms with Gasteiger partial charge in [0.1, 0.15) is 5.60 Å². The Labute approximate surface area is 87.1 Å². The van der Waals surface area contributed by atoms with Gasteiger partial charge in [0, 0.05) is 10.9 Å². The topological polar surface area (TPSA) is 42.1 Å². The van der Waals surface area contributed by atoms with Crippen molar-refractivity contribution in [3.63, 3.8) is 0 Å². The van der Waals surface area contributed by atoms with Gasteiger partial charge in [-0.25, -0.2) is 4.79 Å². The van der Waals surface area contributed by atoms with E-state index in [1.165, 1.54) is 0 Å². The average Bonchev–Trinajstić information content (AvgIpc) is 2.64. The van der Waals surface area contributed by atoms with Gasteiger partial charge in [0.2, 0.25) is 0 Å². The zero-order valence-corrected chi connectivity index (χ0v) is 8.63. The number of ether oxygens (including phenoxy) is 1. The van der Waals surface area contributed by atoms with Crippen molar-refractivity contribution in [2.75, 3.05) is 0 Å². The van der Waals surface area contributed by atoms with E-state index in [2.05, 4.69) is 4.98 Å². The summed E-state index contributed by atoms with van der Waals surface area (Å²) in [7, 11) is 0. The molecule has 0 unspecified atom stereocenters. The second-order valence-corrected chi connectivity index (χ2v) is 4.32. The summed E-state index contributed by atoms with van der Waals surface area (Å²) in [4.78, 5) is 15.0. The lowest BCUT2D eigenvalue weighted by Gasteiger charge is -2.16. The number of H-pyrrole nitrogens is 1. The van der Waals surface area contributed by atoms with E-state index in [4.69, 9.17) is 4.74 Å². The molecule has 1 aliphatic rings. The molecule has 1 N–H and O–H groups in total. The first-order valence-corrected chi connectivity index (χ1v) is 4.94. The zero-order valence-electron chi connectivity index (χ0n) is 8.63. The number of aromatic amines is 1. The number of carbonyl (C=O) groups excluding carboxylic acids is 1. The van der Waals surface area contributed by atoms with Crippen LogP contribution in [0.2, 0.25) is 0 Å². The minimum atomic E-state index is -0.536. The number of carbonyl (C=O) groups is 1. The number of hydrogen-bond acceptors (Lipinski definition) is 2. The Balaban J connectivity index is 2.44. The Morgan fingerprint density at radius 3 is 2.80 bits per heavy atom. The molecule has 0 spiro atoms. The van der Waals surface area contributed by atoms with Gasteiger partial charge in [0.05, 0.1) is 11.3 Å².